The predicted molar refractivity (Wildman–Crippen MR) is 115 cm³/mol. The van der Waals surface area contributed by atoms with Crippen LogP contribution in [0.5, 0.6) is 0 Å². The average molecular weight is 432 g/mol. The Kier molecular flexibility index (Phi) is 9.40. The largest absolute Gasteiger partial charge is 0.352 e. The van der Waals surface area contributed by atoms with Gasteiger partial charge >= 0.3 is 0 Å². The van der Waals surface area contributed by atoms with E-state index in [2.05, 4.69) is 19.2 Å². The van der Waals surface area contributed by atoms with Gasteiger partial charge in [0.1, 0.15) is 0 Å². The zero-order valence-corrected chi connectivity index (χ0v) is 18.9. The van der Waals surface area contributed by atoms with Gasteiger partial charge in [-0.2, -0.15) is 4.31 Å². The molecule has 1 aliphatic rings. The van der Waals surface area contributed by atoms with Crippen molar-refractivity contribution in [3.05, 3.63) is 29.3 Å². The molecule has 160 valence electrons. The van der Waals surface area contributed by atoms with Crippen LogP contribution in [0.2, 0.25) is 0 Å². The van der Waals surface area contributed by atoms with Crippen LogP contribution in [0.15, 0.2) is 23.1 Å². The molecular weight excluding hydrogens is 398 g/mol. The molecule has 1 aromatic carbocycles. The maximum atomic E-state index is 12.9. The van der Waals surface area contributed by atoms with E-state index in [1.54, 1.807) is 12.1 Å². The van der Waals surface area contributed by atoms with Crippen molar-refractivity contribution in [1.82, 2.24) is 9.62 Å². The molecule has 1 unspecified atom stereocenters. The smallest absolute Gasteiger partial charge is 0.243 e. The standard InChI is InChI=1S/C20H33N3O3S.ClH/c1-14(2)11-18(13-21)22-20(24)17-7-9-23(10-8-17)27(25,26)19-6-5-15(3)16(4)12-19;/h5-6,12,14,17-18H,7-11,13,21H2,1-4H3,(H,22,24);1H. The van der Waals surface area contributed by atoms with Gasteiger partial charge in [0.2, 0.25) is 15.9 Å². The predicted octanol–water partition coefficient (Wildman–Crippen LogP) is 2.62. The second-order valence-electron chi connectivity index (χ2n) is 8.00. The third-order valence-corrected chi connectivity index (χ3v) is 7.22. The SMILES string of the molecule is Cc1ccc(S(=O)(=O)N2CCC(C(=O)NC(CN)CC(C)C)CC2)cc1C.Cl. The fraction of sp³-hybridized carbons (Fsp3) is 0.650. The van der Waals surface area contributed by atoms with E-state index in [0.717, 1.165) is 17.5 Å². The van der Waals surface area contributed by atoms with E-state index in [4.69, 9.17) is 5.73 Å². The van der Waals surface area contributed by atoms with Crippen molar-refractivity contribution in [2.75, 3.05) is 19.6 Å². The number of halogens is 1. The van der Waals surface area contributed by atoms with E-state index in [1.807, 2.05) is 19.9 Å². The number of aryl methyl sites for hydroxylation is 2. The highest BCUT2D eigenvalue weighted by atomic mass is 35.5. The van der Waals surface area contributed by atoms with Gasteiger partial charge in [-0.1, -0.05) is 19.9 Å². The summed E-state index contributed by atoms with van der Waals surface area (Å²) in [7, 11) is -3.51. The number of rotatable bonds is 7. The van der Waals surface area contributed by atoms with Crippen molar-refractivity contribution < 1.29 is 13.2 Å². The highest BCUT2D eigenvalue weighted by molar-refractivity contribution is 7.89. The molecule has 3 N–H and O–H groups in total. The van der Waals surface area contributed by atoms with Crippen LogP contribution >= 0.6 is 12.4 Å². The van der Waals surface area contributed by atoms with Gasteiger partial charge in [0.05, 0.1) is 4.90 Å². The van der Waals surface area contributed by atoms with E-state index in [1.165, 1.54) is 4.31 Å². The molecule has 0 aromatic heterocycles. The summed E-state index contributed by atoms with van der Waals surface area (Å²) >= 11 is 0. The normalized spacial score (nSPS) is 17.2. The molecule has 1 amide bonds. The summed E-state index contributed by atoms with van der Waals surface area (Å²) in [6, 6.07) is 5.20. The lowest BCUT2D eigenvalue weighted by molar-refractivity contribution is -0.126. The fourth-order valence-corrected chi connectivity index (χ4v) is 5.04. The van der Waals surface area contributed by atoms with Crippen molar-refractivity contribution >= 4 is 28.3 Å². The summed E-state index contributed by atoms with van der Waals surface area (Å²) in [5.74, 6) is 0.301. The Morgan fingerprint density at radius 1 is 1.21 bits per heavy atom. The zero-order valence-electron chi connectivity index (χ0n) is 17.3. The molecule has 2 rings (SSSR count). The third-order valence-electron chi connectivity index (χ3n) is 5.33. The molecule has 0 aliphatic carbocycles. The van der Waals surface area contributed by atoms with Gasteiger partial charge < -0.3 is 11.1 Å². The molecule has 0 saturated carbocycles. The summed E-state index contributed by atoms with van der Waals surface area (Å²) < 4.78 is 27.3. The van der Waals surface area contributed by atoms with Gasteiger partial charge in [0.25, 0.3) is 0 Å². The van der Waals surface area contributed by atoms with Crippen molar-refractivity contribution in [3.63, 3.8) is 0 Å². The van der Waals surface area contributed by atoms with Crippen LogP contribution in [0.3, 0.4) is 0 Å². The van der Waals surface area contributed by atoms with Crippen molar-refractivity contribution in [2.45, 2.75) is 57.9 Å². The second-order valence-corrected chi connectivity index (χ2v) is 9.93. The van der Waals surface area contributed by atoms with Crippen LogP contribution < -0.4 is 11.1 Å². The molecule has 8 heteroatoms. The molecule has 1 fully saturated rings. The number of hydrogen-bond donors (Lipinski definition) is 2. The number of nitrogens with two attached hydrogens (primary N) is 1. The molecular formula is C20H34ClN3O3S. The number of benzene rings is 1. The lowest BCUT2D eigenvalue weighted by Gasteiger charge is -2.31. The van der Waals surface area contributed by atoms with Crippen LogP contribution in [0, 0.1) is 25.7 Å². The Morgan fingerprint density at radius 2 is 1.82 bits per heavy atom. The zero-order chi connectivity index (χ0) is 20.2. The van der Waals surface area contributed by atoms with Gasteiger partial charge in [-0.15, -0.1) is 12.4 Å². The van der Waals surface area contributed by atoms with E-state index < -0.39 is 10.0 Å². The van der Waals surface area contributed by atoms with Gasteiger partial charge in [0.15, 0.2) is 0 Å². The highest BCUT2D eigenvalue weighted by Crippen LogP contribution is 2.25. The minimum absolute atomic E-state index is 0. The van der Waals surface area contributed by atoms with Crippen LogP contribution in [0.25, 0.3) is 0 Å². The van der Waals surface area contributed by atoms with Crippen molar-refractivity contribution in [2.24, 2.45) is 17.6 Å². The fourth-order valence-electron chi connectivity index (χ4n) is 3.48. The Labute approximate surface area is 175 Å². The number of amides is 1. The van der Waals surface area contributed by atoms with Crippen LogP contribution in [0.1, 0.15) is 44.2 Å². The van der Waals surface area contributed by atoms with Crippen LogP contribution in [-0.2, 0) is 14.8 Å². The van der Waals surface area contributed by atoms with Gasteiger partial charge in [0, 0.05) is 31.6 Å². The lowest BCUT2D eigenvalue weighted by Crippen LogP contribution is -2.47. The number of carbonyl (C=O) groups excluding carboxylic acids is 1. The first-order valence-electron chi connectivity index (χ1n) is 9.73. The number of nitrogens with one attached hydrogen (secondary N) is 1. The van der Waals surface area contributed by atoms with Gasteiger partial charge in [-0.25, -0.2) is 8.42 Å². The van der Waals surface area contributed by atoms with Crippen LogP contribution in [0.4, 0.5) is 0 Å². The molecule has 1 heterocycles. The first-order chi connectivity index (χ1) is 12.6. The van der Waals surface area contributed by atoms with E-state index in [9.17, 15) is 13.2 Å². The summed E-state index contributed by atoms with van der Waals surface area (Å²) in [6.45, 7) is 9.23. The minimum atomic E-state index is -3.51. The lowest BCUT2D eigenvalue weighted by atomic mass is 9.96. The Hall–Kier alpha value is -1.15. The summed E-state index contributed by atoms with van der Waals surface area (Å²) in [5.41, 5.74) is 7.79. The molecule has 28 heavy (non-hydrogen) atoms. The average Bonchev–Trinajstić information content (AvgIpc) is 2.62. The number of piperidine rings is 1. The van der Waals surface area contributed by atoms with Gasteiger partial charge in [-0.05, 0) is 62.3 Å². The Bertz CT molecular complexity index is 760. The van der Waals surface area contributed by atoms with Crippen molar-refractivity contribution in [1.29, 1.82) is 0 Å². The highest BCUT2D eigenvalue weighted by Gasteiger charge is 2.32. The number of carbonyl (C=O) groups is 1. The summed E-state index contributed by atoms with van der Waals surface area (Å²) in [6.07, 6.45) is 1.92. The molecule has 1 aliphatic heterocycles. The topological polar surface area (TPSA) is 92.5 Å². The number of sulfonamides is 1. The number of nitrogens with zero attached hydrogens (tertiary/aromatic N) is 1. The minimum Gasteiger partial charge on any atom is -0.352 e. The molecule has 0 spiro atoms. The number of hydrogen-bond acceptors (Lipinski definition) is 4. The maximum Gasteiger partial charge on any atom is 0.243 e. The maximum absolute atomic E-state index is 12.9. The van der Waals surface area contributed by atoms with Crippen LogP contribution in [-0.4, -0.2) is 44.3 Å². The summed E-state index contributed by atoms with van der Waals surface area (Å²) in [4.78, 5) is 12.9. The molecule has 1 aromatic rings. The third kappa shape index (κ3) is 6.17. The monoisotopic (exact) mass is 431 g/mol. The Morgan fingerprint density at radius 3 is 2.32 bits per heavy atom. The van der Waals surface area contributed by atoms with E-state index in [-0.39, 0.29) is 30.3 Å². The van der Waals surface area contributed by atoms with E-state index >= 15 is 0 Å². The molecule has 0 radical (unpaired) electrons. The molecule has 1 atom stereocenters. The first-order valence-corrected chi connectivity index (χ1v) is 11.2. The van der Waals surface area contributed by atoms with Crippen molar-refractivity contribution in [3.8, 4) is 0 Å². The summed E-state index contributed by atoms with van der Waals surface area (Å²) in [5, 5.41) is 3.03. The second kappa shape index (κ2) is 10.6. The molecule has 6 nitrogen and oxygen atoms in total. The quantitative estimate of drug-likeness (QED) is 0.693. The molecule has 0 bridgehead atoms. The molecule has 1 saturated heterocycles. The van der Waals surface area contributed by atoms with E-state index in [0.29, 0.717) is 43.3 Å². The Balaban J connectivity index is 0.00000392. The van der Waals surface area contributed by atoms with Gasteiger partial charge in [-0.3, -0.25) is 4.79 Å². The first kappa shape index (κ1) is 24.9.